The molecule has 0 amide bonds. The Labute approximate surface area is 202 Å². The van der Waals surface area contributed by atoms with Crippen molar-refractivity contribution >= 4 is 10.9 Å². The topological polar surface area (TPSA) is 86.9 Å². The minimum atomic E-state index is -0.0719. The summed E-state index contributed by atoms with van der Waals surface area (Å²) in [5.41, 5.74) is 5.75. The molecule has 1 aliphatic rings. The summed E-state index contributed by atoms with van der Waals surface area (Å²) in [6, 6.07) is 20.0. The summed E-state index contributed by atoms with van der Waals surface area (Å²) >= 11 is 0. The van der Waals surface area contributed by atoms with Gasteiger partial charge >= 0.3 is 0 Å². The molecule has 0 fully saturated rings. The number of aromatic amines is 2. The van der Waals surface area contributed by atoms with Gasteiger partial charge in [0.15, 0.2) is 0 Å². The number of fused-ring (bicyclic) bond motifs is 2. The number of H-pyrrole nitrogens is 2. The molecule has 0 saturated heterocycles. The Morgan fingerprint density at radius 3 is 2.71 bits per heavy atom. The third kappa shape index (κ3) is 4.34. The van der Waals surface area contributed by atoms with Crippen LogP contribution in [0.25, 0.3) is 22.3 Å². The molecule has 3 aromatic heterocycles. The van der Waals surface area contributed by atoms with Crippen LogP contribution in [0.4, 0.5) is 0 Å². The van der Waals surface area contributed by atoms with Crippen LogP contribution in [-0.2, 0) is 26.1 Å². The maximum absolute atomic E-state index is 12.9. The SMILES string of the molecule is O=c1[nH]c(-c2ccncc2)nc2c1CN(Cc1c[nH]c3cccc(OCc4ccccc4)c13)CC2. The Balaban J connectivity index is 1.23. The van der Waals surface area contributed by atoms with Gasteiger partial charge in [-0.25, -0.2) is 4.98 Å². The van der Waals surface area contributed by atoms with Gasteiger partial charge in [-0.05, 0) is 35.4 Å². The standard InChI is InChI=1S/C28H25N5O2/c34-28-22-17-33(14-11-23(22)31-27(32-28)20-9-12-29-13-10-20)16-21-15-30-24-7-4-8-25(26(21)24)35-18-19-5-2-1-3-6-19/h1-10,12-13,15,30H,11,14,16-18H2,(H,31,32,34). The van der Waals surface area contributed by atoms with Gasteiger partial charge < -0.3 is 14.7 Å². The molecule has 0 saturated carbocycles. The van der Waals surface area contributed by atoms with E-state index in [9.17, 15) is 4.79 Å². The molecule has 0 radical (unpaired) electrons. The van der Waals surface area contributed by atoms with E-state index in [-0.39, 0.29) is 5.56 Å². The highest BCUT2D eigenvalue weighted by Gasteiger charge is 2.23. The average Bonchev–Trinajstić information content (AvgIpc) is 3.32. The first-order valence-corrected chi connectivity index (χ1v) is 11.7. The van der Waals surface area contributed by atoms with Gasteiger partial charge in [0.2, 0.25) is 0 Å². The van der Waals surface area contributed by atoms with Crippen molar-refractivity contribution in [3.63, 3.8) is 0 Å². The van der Waals surface area contributed by atoms with E-state index < -0.39 is 0 Å². The molecule has 0 spiro atoms. The van der Waals surface area contributed by atoms with E-state index in [1.807, 2.05) is 48.7 Å². The predicted molar refractivity (Wildman–Crippen MR) is 135 cm³/mol. The maximum atomic E-state index is 12.9. The Morgan fingerprint density at radius 2 is 1.86 bits per heavy atom. The van der Waals surface area contributed by atoms with Crippen molar-refractivity contribution in [2.45, 2.75) is 26.1 Å². The van der Waals surface area contributed by atoms with Gasteiger partial charge in [-0.15, -0.1) is 0 Å². The second-order valence-electron chi connectivity index (χ2n) is 8.80. The lowest BCUT2D eigenvalue weighted by Gasteiger charge is -2.27. The second-order valence-corrected chi connectivity index (χ2v) is 8.80. The highest BCUT2D eigenvalue weighted by Crippen LogP contribution is 2.31. The first-order chi connectivity index (χ1) is 17.2. The largest absolute Gasteiger partial charge is 0.488 e. The van der Waals surface area contributed by atoms with Gasteiger partial charge in [0.1, 0.15) is 18.2 Å². The van der Waals surface area contributed by atoms with E-state index in [1.54, 1.807) is 12.4 Å². The molecule has 7 nitrogen and oxygen atoms in total. The van der Waals surface area contributed by atoms with Gasteiger partial charge in [-0.1, -0.05) is 36.4 Å². The number of nitrogens with one attached hydrogen (secondary N) is 2. The molecule has 2 aromatic carbocycles. The van der Waals surface area contributed by atoms with E-state index in [4.69, 9.17) is 9.72 Å². The molecule has 5 aromatic rings. The smallest absolute Gasteiger partial charge is 0.255 e. The van der Waals surface area contributed by atoms with E-state index in [1.165, 1.54) is 0 Å². The van der Waals surface area contributed by atoms with Crippen LogP contribution < -0.4 is 10.3 Å². The zero-order valence-electron chi connectivity index (χ0n) is 19.2. The normalized spacial score (nSPS) is 13.6. The molecule has 4 heterocycles. The lowest BCUT2D eigenvalue weighted by Crippen LogP contribution is -2.35. The predicted octanol–water partition coefficient (Wildman–Crippen LogP) is 4.45. The molecular weight excluding hydrogens is 438 g/mol. The summed E-state index contributed by atoms with van der Waals surface area (Å²) < 4.78 is 6.22. The number of pyridine rings is 1. The molecule has 0 bridgehead atoms. The van der Waals surface area contributed by atoms with Crippen LogP contribution in [0.15, 0.2) is 84.0 Å². The van der Waals surface area contributed by atoms with Crippen LogP contribution in [0.1, 0.15) is 22.4 Å². The monoisotopic (exact) mass is 463 g/mol. The van der Waals surface area contributed by atoms with Crippen molar-refractivity contribution in [3.05, 3.63) is 112 Å². The van der Waals surface area contributed by atoms with E-state index >= 15 is 0 Å². The average molecular weight is 464 g/mol. The Hall–Kier alpha value is -4.23. The lowest BCUT2D eigenvalue weighted by atomic mass is 10.0. The maximum Gasteiger partial charge on any atom is 0.255 e. The Bertz CT molecular complexity index is 1530. The third-order valence-electron chi connectivity index (χ3n) is 6.48. The molecule has 2 N–H and O–H groups in total. The van der Waals surface area contributed by atoms with Crippen molar-refractivity contribution in [2.75, 3.05) is 6.54 Å². The Kier molecular flexibility index (Phi) is 5.60. The second kappa shape index (κ2) is 9.19. The molecule has 0 atom stereocenters. The van der Waals surface area contributed by atoms with Gasteiger partial charge in [0, 0.05) is 61.1 Å². The minimum Gasteiger partial charge on any atom is -0.488 e. The highest BCUT2D eigenvalue weighted by atomic mass is 16.5. The van der Waals surface area contributed by atoms with Crippen LogP contribution in [-0.4, -0.2) is 31.4 Å². The first kappa shape index (κ1) is 21.3. The summed E-state index contributed by atoms with van der Waals surface area (Å²) in [5.74, 6) is 1.46. The summed E-state index contributed by atoms with van der Waals surface area (Å²) in [4.78, 5) is 30.4. The zero-order valence-corrected chi connectivity index (χ0v) is 19.2. The van der Waals surface area contributed by atoms with Crippen LogP contribution in [0.5, 0.6) is 5.75 Å². The van der Waals surface area contributed by atoms with E-state index in [2.05, 4.69) is 38.1 Å². The quantitative estimate of drug-likeness (QED) is 0.389. The minimum absolute atomic E-state index is 0.0719. The molecule has 1 aliphatic heterocycles. The summed E-state index contributed by atoms with van der Waals surface area (Å²) in [7, 11) is 0. The van der Waals surface area contributed by atoms with Gasteiger partial charge in [-0.2, -0.15) is 0 Å². The number of rotatable bonds is 6. The number of hydrogen-bond acceptors (Lipinski definition) is 5. The number of benzene rings is 2. The number of hydrogen-bond donors (Lipinski definition) is 2. The van der Waals surface area contributed by atoms with Crippen molar-refractivity contribution in [1.82, 2.24) is 24.8 Å². The van der Waals surface area contributed by atoms with Gasteiger partial charge in [0.25, 0.3) is 5.56 Å². The summed E-state index contributed by atoms with van der Waals surface area (Å²) in [6.45, 7) is 2.63. The van der Waals surface area contributed by atoms with Crippen LogP contribution >= 0.6 is 0 Å². The number of nitrogens with zero attached hydrogens (tertiary/aromatic N) is 3. The zero-order chi connectivity index (χ0) is 23.6. The number of aromatic nitrogens is 4. The third-order valence-corrected chi connectivity index (χ3v) is 6.48. The van der Waals surface area contributed by atoms with Gasteiger partial charge in [-0.3, -0.25) is 14.7 Å². The van der Waals surface area contributed by atoms with E-state index in [0.717, 1.165) is 64.1 Å². The van der Waals surface area contributed by atoms with Crippen molar-refractivity contribution in [1.29, 1.82) is 0 Å². The Morgan fingerprint density at radius 1 is 1.00 bits per heavy atom. The van der Waals surface area contributed by atoms with Gasteiger partial charge in [0.05, 0.1) is 11.3 Å². The fraction of sp³-hybridized carbons (Fsp3) is 0.179. The first-order valence-electron chi connectivity index (χ1n) is 11.7. The fourth-order valence-electron chi connectivity index (χ4n) is 4.70. The van der Waals surface area contributed by atoms with Crippen LogP contribution in [0, 0.1) is 0 Å². The summed E-state index contributed by atoms with van der Waals surface area (Å²) in [5, 5.41) is 1.09. The summed E-state index contributed by atoms with van der Waals surface area (Å²) in [6.07, 6.45) is 6.19. The van der Waals surface area contributed by atoms with Crippen molar-refractivity contribution in [2.24, 2.45) is 0 Å². The van der Waals surface area contributed by atoms with Crippen LogP contribution in [0.2, 0.25) is 0 Å². The van der Waals surface area contributed by atoms with Crippen LogP contribution in [0.3, 0.4) is 0 Å². The van der Waals surface area contributed by atoms with Crippen molar-refractivity contribution < 1.29 is 4.74 Å². The molecule has 0 aliphatic carbocycles. The molecule has 174 valence electrons. The number of ether oxygens (including phenoxy) is 1. The molecule has 35 heavy (non-hydrogen) atoms. The van der Waals surface area contributed by atoms with Crippen molar-refractivity contribution in [3.8, 4) is 17.1 Å². The molecule has 0 unspecified atom stereocenters. The fourth-order valence-corrected chi connectivity index (χ4v) is 4.70. The molecular formula is C28H25N5O2. The highest BCUT2D eigenvalue weighted by molar-refractivity contribution is 5.89. The molecule has 6 rings (SSSR count). The van der Waals surface area contributed by atoms with E-state index in [0.29, 0.717) is 19.0 Å². The molecule has 7 heteroatoms. The lowest BCUT2D eigenvalue weighted by molar-refractivity contribution is 0.242.